The first-order chi connectivity index (χ1) is 18.4. The summed E-state index contributed by atoms with van der Waals surface area (Å²) < 4.78 is 46.9. The highest BCUT2D eigenvalue weighted by Crippen LogP contribution is 2.42. The SMILES string of the molecule is CNc1ccc(N2C(=O)N(C)C(COC(=O)C(C)C(C)CC3=CC=C3)(c3ccccc3)C2=O)cc1C(F)(F)F. The molecule has 1 N–H and O–H groups in total. The van der Waals surface area contributed by atoms with Gasteiger partial charge in [0.2, 0.25) is 0 Å². The van der Waals surface area contributed by atoms with Gasteiger partial charge >= 0.3 is 18.2 Å². The molecule has 39 heavy (non-hydrogen) atoms. The van der Waals surface area contributed by atoms with Gasteiger partial charge in [0, 0.05) is 19.8 Å². The van der Waals surface area contributed by atoms with E-state index in [-0.39, 0.29) is 17.3 Å². The largest absolute Gasteiger partial charge is 0.462 e. The van der Waals surface area contributed by atoms with Crippen LogP contribution < -0.4 is 10.2 Å². The van der Waals surface area contributed by atoms with E-state index in [2.05, 4.69) is 5.32 Å². The van der Waals surface area contributed by atoms with E-state index in [1.165, 1.54) is 20.2 Å². The zero-order valence-electron chi connectivity index (χ0n) is 22.1. The molecule has 0 spiro atoms. The number of carbonyl (C=O) groups is 3. The van der Waals surface area contributed by atoms with Crippen LogP contribution in [0.1, 0.15) is 31.4 Å². The zero-order valence-corrected chi connectivity index (χ0v) is 22.1. The molecular weight excluding hydrogens is 511 g/mol. The minimum absolute atomic E-state index is 0.0389. The molecule has 10 heteroatoms. The molecule has 0 aromatic heterocycles. The number of amides is 3. The normalized spacial score (nSPS) is 20.4. The third-order valence-electron chi connectivity index (χ3n) is 7.52. The number of hydrogen-bond acceptors (Lipinski definition) is 5. The number of imide groups is 1. The number of benzene rings is 2. The number of esters is 1. The molecule has 0 bridgehead atoms. The fourth-order valence-corrected chi connectivity index (χ4v) is 4.81. The van der Waals surface area contributed by atoms with Gasteiger partial charge in [-0.2, -0.15) is 13.2 Å². The van der Waals surface area contributed by atoms with Crippen molar-refractivity contribution in [3.63, 3.8) is 0 Å². The molecule has 0 radical (unpaired) electrons. The third kappa shape index (κ3) is 5.03. The molecule has 1 saturated heterocycles. The van der Waals surface area contributed by atoms with Gasteiger partial charge in [-0.05, 0) is 41.7 Å². The summed E-state index contributed by atoms with van der Waals surface area (Å²) in [6.45, 7) is 3.18. The van der Waals surface area contributed by atoms with Gasteiger partial charge in [0.05, 0.1) is 17.2 Å². The Bertz CT molecular complexity index is 1340. The molecule has 3 atom stereocenters. The highest BCUT2D eigenvalue weighted by atomic mass is 19.4. The van der Waals surface area contributed by atoms with E-state index in [0.29, 0.717) is 16.9 Å². The van der Waals surface area contributed by atoms with Gasteiger partial charge in [0.1, 0.15) is 6.61 Å². The number of likely N-dealkylation sites (N-methyl/N-ethyl adjacent to an activating group) is 1. The van der Waals surface area contributed by atoms with E-state index in [9.17, 15) is 27.6 Å². The maximum Gasteiger partial charge on any atom is 0.418 e. The summed E-state index contributed by atoms with van der Waals surface area (Å²) in [5, 5.41) is 2.48. The molecule has 1 fully saturated rings. The molecule has 7 nitrogen and oxygen atoms in total. The topological polar surface area (TPSA) is 79.0 Å². The molecule has 0 saturated carbocycles. The minimum Gasteiger partial charge on any atom is -0.462 e. The van der Waals surface area contributed by atoms with Crippen molar-refractivity contribution in [3.05, 3.63) is 83.5 Å². The third-order valence-corrected chi connectivity index (χ3v) is 7.52. The van der Waals surface area contributed by atoms with E-state index in [4.69, 9.17) is 4.74 Å². The monoisotopic (exact) mass is 541 g/mol. The van der Waals surface area contributed by atoms with Crippen LogP contribution in [0.3, 0.4) is 0 Å². The van der Waals surface area contributed by atoms with Gasteiger partial charge in [-0.1, -0.05) is 62.4 Å². The Hall–Kier alpha value is -4.08. The van der Waals surface area contributed by atoms with Crippen molar-refractivity contribution in [2.75, 3.05) is 30.9 Å². The number of halogens is 3. The van der Waals surface area contributed by atoms with Crippen LogP contribution in [0, 0.1) is 11.8 Å². The van der Waals surface area contributed by atoms with Crippen molar-refractivity contribution in [1.29, 1.82) is 0 Å². The van der Waals surface area contributed by atoms with Gasteiger partial charge < -0.3 is 15.0 Å². The Kier molecular flexibility index (Phi) is 7.59. The molecular formula is C29H30F3N3O4. The van der Waals surface area contributed by atoms with Crippen LogP contribution in [0.4, 0.5) is 29.3 Å². The van der Waals surface area contributed by atoms with Crippen LogP contribution in [-0.2, 0) is 26.0 Å². The lowest BCUT2D eigenvalue weighted by molar-refractivity contribution is -0.154. The number of alkyl halides is 3. The lowest BCUT2D eigenvalue weighted by atomic mass is 9.87. The van der Waals surface area contributed by atoms with Gasteiger partial charge in [-0.3, -0.25) is 9.59 Å². The Balaban J connectivity index is 1.68. The smallest absolute Gasteiger partial charge is 0.418 e. The molecule has 2 aromatic carbocycles. The molecule has 206 valence electrons. The number of anilines is 2. The number of carbonyl (C=O) groups excluding carboxylic acids is 3. The number of hydrogen-bond donors (Lipinski definition) is 1. The van der Waals surface area contributed by atoms with Crippen molar-refractivity contribution in [2.24, 2.45) is 11.8 Å². The van der Waals surface area contributed by atoms with Gasteiger partial charge in [0.15, 0.2) is 5.54 Å². The number of ether oxygens (including phenoxy) is 1. The summed E-state index contributed by atoms with van der Waals surface area (Å²) in [6, 6.07) is 10.6. The van der Waals surface area contributed by atoms with E-state index >= 15 is 0 Å². The molecule has 4 rings (SSSR count). The Morgan fingerprint density at radius 1 is 1.10 bits per heavy atom. The summed E-state index contributed by atoms with van der Waals surface area (Å²) >= 11 is 0. The Morgan fingerprint density at radius 2 is 1.77 bits per heavy atom. The number of urea groups is 1. The van der Waals surface area contributed by atoms with Crippen LogP contribution in [0.15, 0.2) is 72.3 Å². The molecule has 3 amide bonds. The van der Waals surface area contributed by atoms with Gasteiger partial charge in [-0.25, -0.2) is 9.69 Å². The maximum atomic E-state index is 14.0. The van der Waals surface area contributed by atoms with Crippen LogP contribution in [-0.4, -0.2) is 43.5 Å². The fraction of sp³-hybridized carbons (Fsp3) is 0.345. The minimum atomic E-state index is -4.73. The number of allylic oxidation sites excluding steroid dienone is 4. The van der Waals surface area contributed by atoms with E-state index in [1.54, 1.807) is 37.3 Å². The average Bonchev–Trinajstić information content (AvgIpc) is 3.08. The average molecular weight is 542 g/mol. The quantitative estimate of drug-likeness (QED) is 0.324. The number of nitrogens with one attached hydrogen (secondary N) is 1. The molecule has 2 aromatic rings. The molecule has 2 aliphatic rings. The van der Waals surface area contributed by atoms with Crippen molar-refractivity contribution in [3.8, 4) is 0 Å². The van der Waals surface area contributed by atoms with E-state index in [1.807, 2.05) is 25.2 Å². The summed E-state index contributed by atoms with van der Waals surface area (Å²) in [4.78, 5) is 42.4. The second-order valence-electron chi connectivity index (χ2n) is 9.86. The van der Waals surface area contributed by atoms with Crippen molar-refractivity contribution in [2.45, 2.75) is 32.0 Å². The molecule has 1 aliphatic heterocycles. The molecule has 1 heterocycles. The van der Waals surface area contributed by atoms with Crippen molar-refractivity contribution < 1.29 is 32.3 Å². The molecule has 3 unspecified atom stereocenters. The second-order valence-corrected chi connectivity index (χ2v) is 9.86. The van der Waals surface area contributed by atoms with Crippen molar-refractivity contribution >= 4 is 29.3 Å². The number of rotatable bonds is 9. The second kappa shape index (κ2) is 10.6. The van der Waals surface area contributed by atoms with Gasteiger partial charge in [-0.15, -0.1) is 0 Å². The zero-order chi connectivity index (χ0) is 28.5. The van der Waals surface area contributed by atoms with Crippen LogP contribution in [0.25, 0.3) is 0 Å². The predicted octanol–water partition coefficient (Wildman–Crippen LogP) is 5.74. The van der Waals surface area contributed by atoms with E-state index < -0.39 is 47.7 Å². The van der Waals surface area contributed by atoms with Crippen LogP contribution in [0.5, 0.6) is 0 Å². The van der Waals surface area contributed by atoms with Crippen molar-refractivity contribution in [1.82, 2.24) is 4.90 Å². The lowest BCUT2D eigenvalue weighted by Gasteiger charge is -2.33. The summed E-state index contributed by atoms with van der Waals surface area (Å²) in [5.74, 6) is -1.89. The first-order valence-corrected chi connectivity index (χ1v) is 12.5. The maximum absolute atomic E-state index is 14.0. The standard InChI is InChI=1S/C29H30F3N3O4/c1-18(15-20-9-8-10-20)19(2)25(36)39-17-28(21-11-6-5-7-12-21)26(37)35(27(38)34(28)4)22-13-14-24(33-3)23(16-22)29(30,31)32/h5-14,16,18-19,33H,15,17H2,1-4H3. The van der Waals surface area contributed by atoms with Crippen LogP contribution in [0.2, 0.25) is 0 Å². The molecule has 1 aliphatic carbocycles. The number of nitrogens with zero attached hydrogens (tertiary/aromatic N) is 2. The summed E-state index contributed by atoms with van der Waals surface area (Å²) in [7, 11) is 2.72. The highest BCUT2D eigenvalue weighted by Gasteiger charge is 2.58. The lowest BCUT2D eigenvalue weighted by Crippen LogP contribution is -2.49. The van der Waals surface area contributed by atoms with E-state index in [0.717, 1.165) is 22.6 Å². The van der Waals surface area contributed by atoms with Crippen LogP contribution >= 0.6 is 0 Å². The fourth-order valence-electron chi connectivity index (χ4n) is 4.81. The van der Waals surface area contributed by atoms with Gasteiger partial charge in [0.25, 0.3) is 5.91 Å². The Labute approximate surface area is 224 Å². The Morgan fingerprint density at radius 3 is 2.33 bits per heavy atom. The summed E-state index contributed by atoms with van der Waals surface area (Å²) in [6.07, 6.45) is 1.82. The first kappa shape index (κ1) is 27.9. The summed E-state index contributed by atoms with van der Waals surface area (Å²) in [5.41, 5.74) is -1.73. The predicted molar refractivity (Wildman–Crippen MR) is 141 cm³/mol. The highest BCUT2D eigenvalue weighted by molar-refractivity contribution is 6.23. The first-order valence-electron chi connectivity index (χ1n) is 12.5.